The SMILES string of the molecule is CCc1cccc(N2C(=O)c3ccc(-c4ccco4)n3CC2(C)C(=O)NCc2ccc(Cl)cc2)c1. The molecule has 178 valence electrons. The van der Waals surface area contributed by atoms with Crippen LogP contribution in [0.1, 0.15) is 35.5 Å². The Morgan fingerprint density at radius 3 is 2.51 bits per heavy atom. The maximum absolute atomic E-state index is 13.9. The van der Waals surface area contributed by atoms with Gasteiger partial charge in [-0.25, -0.2) is 0 Å². The third-order valence-corrected chi connectivity index (χ3v) is 6.82. The lowest BCUT2D eigenvalue weighted by atomic mass is 9.93. The molecule has 0 fully saturated rings. The maximum Gasteiger partial charge on any atom is 0.275 e. The molecule has 1 aliphatic rings. The smallest absolute Gasteiger partial charge is 0.275 e. The van der Waals surface area contributed by atoms with E-state index in [1.54, 1.807) is 35.4 Å². The fourth-order valence-electron chi connectivity index (χ4n) is 4.65. The molecule has 0 saturated heterocycles. The van der Waals surface area contributed by atoms with Crippen molar-refractivity contribution in [1.29, 1.82) is 0 Å². The lowest BCUT2D eigenvalue weighted by molar-refractivity contribution is -0.126. The molecule has 0 radical (unpaired) electrons. The highest BCUT2D eigenvalue weighted by atomic mass is 35.5. The van der Waals surface area contributed by atoms with Crippen molar-refractivity contribution in [1.82, 2.24) is 9.88 Å². The van der Waals surface area contributed by atoms with E-state index in [4.69, 9.17) is 16.0 Å². The Morgan fingerprint density at radius 1 is 1.03 bits per heavy atom. The zero-order valence-electron chi connectivity index (χ0n) is 19.6. The number of aryl methyl sites for hydroxylation is 1. The van der Waals surface area contributed by atoms with Gasteiger partial charge in [0.25, 0.3) is 5.91 Å². The van der Waals surface area contributed by atoms with Crippen LogP contribution in [0.3, 0.4) is 0 Å². The molecule has 2 aromatic heterocycles. The number of benzene rings is 2. The number of anilines is 1. The Labute approximate surface area is 209 Å². The van der Waals surface area contributed by atoms with Crippen molar-refractivity contribution in [2.24, 2.45) is 0 Å². The highest BCUT2D eigenvalue weighted by molar-refractivity contribution is 6.30. The Hall–Kier alpha value is -3.77. The summed E-state index contributed by atoms with van der Waals surface area (Å²) in [6, 6.07) is 22.5. The van der Waals surface area contributed by atoms with E-state index < -0.39 is 5.54 Å². The van der Waals surface area contributed by atoms with E-state index >= 15 is 0 Å². The van der Waals surface area contributed by atoms with E-state index in [1.807, 2.05) is 60.0 Å². The highest BCUT2D eigenvalue weighted by Crippen LogP contribution is 2.36. The molecule has 6 nitrogen and oxygen atoms in total. The molecule has 0 saturated carbocycles. The number of hydrogen-bond donors (Lipinski definition) is 1. The monoisotopic (exact) mass is 487 g/mol. The van der Waals surface area contributed by atoms with Crippen molar-refractivity contribution in [3.63, 3.8) is 0 Å². The van der Waals surface area contributed by atoms with Crippen molar-refractivity contribution in [2.75, 3.05) is 4.90 Å². The number of amides is 2. The highest BCUT2D eigenvalue weighted by Gasteiger charge is 2.48. The van der Waals surface area contributed by atoms with Crippen LogP contribution in [0.4, 0.5) is 5.69 Å². The third-order valence-electron chi connectivity index (χ3n) is 6.57. The van der Waals surface area contributed by atoms with Crippen LogP contribution in [0.15, 0.2) is 83.5 Å². The molecule has 2 amide bonds. The van der Waals surface area contributed by atoms with Crippen LogP contribution in [-0.4, -0.2) is 21.9 Å². The molecule has 0 aliphatic carbocycles. The first-order valence-electron chi connectivity index (χ1n) is 11.6. The first-order chi connectivity index (χ1) is 16.9. The lowest BCUT2D eigenvalue weighted by Crippen LogP contribution is -2.64. The summed E-state index contributed by atoms with van der Waals surface area (Å²) in [5.41, 5.74) is 2.81. The van der Waals surface area contributed by atoms with Crippen molar-refractivity contribution in [3.8, 4) is 11.5 Å². The van der Waals surface area contributed by atoms with Gasteiger partial charge in [0.1, 0.15) is 17.0 Å². The quantitative estimate of drug-likeness (QED) is 0.379. The minimum absolute atomic E-state index is 0.230. The van der Waals surface area contributed by atoms with Crippen LogP contribution in [-0.2, 0) is 24.3 Å². The van der Waals surface area contributed by atoms with Gasteiger partial charge in [-0.3, -0.25) is 14.5 Å². The molecule has 2 aromatic carbocycles. The predicted molar refractivity (Wildman–Crippen MR) is 136 cm³/mol. The number of furan rings is 1. The standard InChI is InChI=1S/C28H26ClN3O3/c1-3-19-6-4-7-22(16-19)32-26(33)24-14-13-23(25-8-5-15-35-25)31(24)18-28(32,2)27(34)30-17-20-9-11-21(29)12-10-20/h4-16H,3,17-18H2,1-2H3,(H,30,34). The molecule has 1 aliphatic heterocycles. The van der Waals surface area contributed by atoms with Crippen LogP contribution in [0.5, 0.6) is 0 Å². The molecule has 7 heteroatoms. The average molecular weight is 488 g/mol. The van der Waals surface area contributed by atoms with Gasteiger partial charge in [0.05, 0.1) is 18.5 Å². The average Bonchev–Trinajstić information content (AvgIpc) is 3.53. The van der Waals surface area contributed by atoms with E-state index in [2.05, 4.69) is 12.2 Å². The number of rotatable bonds is 6. The topological polar surface area (TPSA) is 67.5 Å². The molecule has 1 unspecified atom stereocenters. The summed E-state index contributed by atoms with van der Waals surface area (Å²) < 4.78 is 7.49. The zero-order chi connectivity index (χ0) is 24.6. The zero-order valence-corrected chi connectivity index (χ0v) is 20.4. The van der Waals surface area contributed by atoms with Gasteiger partial charge in [-0.1, -0.05) is 42.8 Å². The summed E-state index contributed by atoms with van der Waals surface area (Å²) in [6.07, 6.45) is 2.43. The fourth-order valence-corrected chi connectivity index (χ4v) is 4.77. The van der Waals surface area contributed by atoms with Crippen LogP contribution in [0.25, 0.3) is 11.5 Å². The van der Waals surface area contributed by atoms with Crippen molar-refractivity contribution < 1.29 is 14.0 Å². The second-order valence-corrected chi connectivity index (χ2v) is 9.35. The molecule has 5 rings (SSSR count). The van der Waals surface area contributed by atoms with Gasteiger partial charge in [-0.05, 0) is 73.0 Å². The fraction of sp³-hybridized carbons (Fsp3) is 0.214. The Balaban J connectivity index is 1.56. The Morgan fingerprint density at radius 2 is 1.80 bits per heavy atom. The van der Waals surface area contributed by atoms with E-state index in [0.717, 1.165) is 23.2 Å². The van der Waals surface area contributed by atoms with Crippen LogP contribution in [0, 0.1) is 0 Å². The van der Waals surface area contributed by atoms with Crippen LogP contribution < -0.4 is 10.2 Å². The number of hydrogen-bond acceptors (Lipinski definition) is 3. The minimum Gasteiger partial charge on any atom is -0.463 e. The normalized spacial score (nSPS) is 17.3. The first-order valence-corrected chi connectivity index (χ1v) is 12.0. The molecule has 1 N–H and O–H groups in total. The number of aromatic nitrogens is 1. The van der Waals surface area contributed by atoms with Crippen molar-refractivity contribution >= 4 is 29.1 Å². The van der Waals surface area contributed by atoms with Crippen LogP contribution in [0.2, 0.25) is 5.02 Å². The Bertz CT molecular complexity index is 1370. The third kappa shape index (κ3) is 4.15. The summed E-state index contributed by atoms with van der Waals surface area (Å²) in [7, 11) is 0. The molecule has 1 atom stereocenters. The molecule has 0 bridgehead atoms. The van der Waals surface area contributed by atoms with Gasteiger partial charge >= 0.3 is 0 Å². The summed E-state index contributed by atoms with van der Waals surface area (Å²) in [5, 5.41) is 3.68. The number of nitrogens with zero attached hydrogens (tertiary/aromatic N) is 2. The first kappa shape index (κ1) is 23.0. The minimum atomic E-state index is -1.18. The summed E-state index contributed by atoms with van der Waals surface area (Å²) >= 11 is 6.00. The second kappa shape index (κ2) is 9.12. The second-order valence-electron chi connectivity index (χ2n) is 8.91. The van der Waals surface area contributed by atoms with Crippen LogP contribution >= 0.6 is 11.6 Å². The summed E-state index contributed by atoms with van der Waals surface area (Å²) in [5.74, 6) is 0.174. The molecule has 0 spiro atoms. The van der Waals surface area contributed by atoms with Crippen molar-refractivity contribution in [3.05, 3.63) is 101 Å². The number of fused-ring (bicyclic) bond motifs is 1. The number of halogens is 1. The molecule has 4 aromatic rings. The molecular formula is C28H26ClN3O3. The van der Waals surface area contributed by atoms with E-state index in [-0.39, 0.29) is 18.4 Å². The van der Waals surface area contributed by atoms with Gasteiger partial charge in [-0.2, -0.15) is 0 Å². The lowest BCUT2D eigenvalue weighted by Gasteiger charge is -2.44. The molecular weight excluding hydrogens is 462 g/mol. The largest absolute Gasteiger partial charge is 0.463 e. The van der Waals surface area contributed by atoms with E-state index in [1.165, 1.54) is 0 Å². The predicted octanol–water partition coefficient (Wildman–Crippen LogP) is 5.70. The van der Waals surface area contributed by atoms with E-state index in [0.29, 0.717) is 28.7 Å². The number of nitrogens with one attached hydrogen (secondary N) is 1. The van der Waals surface area contributed by atoms with Gasteiger partial charge in [0.15, 0.2) is 0 Å². The van der Waals surface area contributed by atoms with Gasteiger partial charge in [0.2, 0.25) is 5.91 Å². The number of carbonyl (C=O) groups is 2. The number of carbonyl (C=O) groups excluding carboxylic acids is 2. The van der Waals surface area contributed by atoms with Gasteiger partial charge < -0.3 is 14.3 Å². The van der Waals surface area contributed by atoms with E-state index in [9.17, 15) is 9.59 Å². The summed E-state index contributed by atoms with van der Waals surface area (Å²) in [6.45, 7) is 4.48. The molecule has 3 heterocycles. The van der Waals surface area contributed by atoms with Gasteiger partial charge in [-0.15, -0.1) is 0 Å². The summed E-state index contributed by atoms with van der Waals surface area (Å²) in [4.78, 5) is 29.3. The molecule has 35 heavy (non-hydrogen) atoms. The van der Waals surface area contributed by atoms with Gasteiger partial charge in [0, 0.05) is 17.3 Å². The van der Waals surface area contributed by atoms with Crippen molar-refractivity contribution in [2.45, 2.75) is 38.9 Å². The maximum atomic E-state index is 13.9. The Kier molecular flexibility index (Phi) is 5.99.